The van der Waals surface area contributed by atoms with Crippen LogP contribution in [0.25, 0.3) is 0 Å². The minimum absolute atomic E-state index is 0. The van der Waals surface area contributed by atoms with Gasteiger partial charge < -0.3 is 14.8 Å². The number of nitrogens with zero attached hydrogens (tertiary/aromatic N) is 2. The number of ether oxygens (including phenoxy) is 2. The number of rotatable bonds is 7. The highest BCUT2D eigenvalue weighted by atomic mass is 35.5. The normalized spacial score (nSPS) is 14.0. The van der Waals surface area contributed by atoms with E-state index in [0.29, 0.717) is 12.5 Å². The van der Waals surface area contributed by atoms with Crippen molar-refractivity contribution in [3.8, 4) is 11.6 Å². The second-order valence-corrected chi connectivity index (χ2v) is 5.98. The molecule has 0 radical (unpaired) electrons. The maximum atomic E-state index is 5.73. The molecule has 3 rings (SSSR count). The van der Waals surface area contributed by atoms with Crippen molar-refractivity contribution in [2.75, 3.05) is 39.9 Å². The van der Waals surface area contributed by atoms with Gasteiger partial charge in [0.05, 0.1) is 19.9 Å². The highest BCUT2D eigenvalue weighted by Gasteiger charge is 2.09. The summed E-state index contributed by atoms with van der Waals surface area (Å²) < 4.78 is 10.8. The molecule has 2 heterocycles. The molecule has 0 spiro atoms. The van der Waals surface area contributed by atoms with E-state index in [4.69, 9.17) is 9.47 Å². The molecule has 0 atom stereocenters. The van der Waals surface area contributed by atoms with Crippen LogP contribution in [0, 0.1) is 0 Å². The zero-order valence-corrected chi connectivity index (χ0v) is 16.7. The first-order valence-corrected chi connectivity index (χ1v) is 8.47. The van der Waals surface area contributed by atoms with Crippen LogP contribution in [-0.4, -0.2) is 49.8 Å². The molecule has 1 aliphatic rings. The number of hydrogen-bond donors (Lipinski definition) is 1. The van der Waals surface area contributed by atoms with Crippen LogP contribution >= 0.6 is 24.8 Å². The molecule has 1 N–H and O–H groups in total. The zero-order chi connectivity index (χ0) is 16.6. The van der Waals surface area contributed by atoms with Crippen molar-refractivity contribution >= 4 is 24.8 Å². The Morgan fingerprint density at radius 2 is 1.69 bits per heavy atom. The van der Waals surface area contributed by atoms with Crippen LogP contribution in [0.2, 0.25) is 0 Å². The van der Waals surface area contributed by atoms with E-state index in [0.717, 1.165) is 44.9 Å². The van der Waals surface area contributed by atoms with Gasteiger partial charge in [-0.1, -0.05) is 24.3 Å². The van der Waals surface area contributed by atoms with Gasteiger partial charge in [0.1, 0.15) is 5.75 Å². The van der Waals surface area contributed by atoms with Crippen molar-refractivity contribution in [2.24, 2.45) is 0 Å². The molecule has 7 heteroatoms. The van der Waals surface area contributed by atoms with Crippen molar-refractivity contribution in [3.05, 3.63) is 53.7 Å². The molecule has 1 aromatic heterocycles. The third kappa shape index (κ3) is 7.00. The van der Waals surface area contributed by atoms with Crippen molar-refractivity contribution in [3.63, 3.8) is 0 Å². The molecule has 0 unspecified atom stereocenters. The van der Waals surface area contributed by atoms with Gasteiger partial charge in [0.15, 0.2) is 0 Å². The van der Waals surface area contributed by atoms with Gasteiger partial charge in [-0.05, 0) is 17.2 Å². The van der Waals surface area contributed by atoms with E-state index in [-0.39, 0.29) is 24.8 Å². The average molecular weight is 400 g/mol. The maximum absolute atomic E-state index is 5.73. The summed E-state index contributed by atoms with van der Waals surface area (Å²) in [5.41, 5.74) is 2.67. The third-order valence-corrected chi connectivity index (χ3v) is 4.22. The SMILES string of the molecule is COc1ccc(OCCc2ccc(CN3CCNCC3)cc2)cn1.Cl.Cl. The van der Waals surface area contributed by atoms with Crippen LogP contribution in [0.15, 0.2) is 42.6 Å². The number of nitrogens with one attached hydrogen (secondary N) is 1. The summed E-state index contributed by atoms with van der Waals surface area (Å²) in [7, 11) is 1.61. The van der Waals surface area contributed by atoms with Gasteiger partial charge in [0.25, 0.3) is 0 Å². The lowest BCUT2D eigenvalue weighted by Crippen LogP contribution is -2.42. The van der Waals surface area contributed by atoms with Crippen LogP contribution in [0.4, 0.5) is 0 Å². The minimum atomic E-state index is 0. The number of pyridine rings is 1. The molecule has 0 saturated carbocycles. The summed E-state index contributed by atoms with van der Waals surface area (Å²) in [6.07, 6.45) is 2.58. The monoisotopic (exact) mass is 399 g/mol. The number of hydrogen-bond acceptors (Lipinski definition) is 5. The van der Waals surface area contributed by atoms with E-state index in [1.807, 2.05) is 6.07 Å². The second-order valence-electron chi connectivity index (χ2n) is 5.98. The molecule has 1 fully saturated rings. The molecule has 0 aliphatic carbocycles. The van der Waals surface area contributed by atoms with Gasteiger partial charge in [0, 0.05) is 45.2 Å². The Hall–Kier alpha value is -1.53. The number of methoxy groups -OCH3 is 1. The molecule has 1 aromatic carbocycles. The van der Waals surface area contributed by atoms with Crippen molar-refractivity contribution < 1.29 is 9.47 Å². The first-order chi connectivity index (χ1) is 11.8. The van der Waals surface area contributed by atoms with Crippen LogP contribution in [0.5, 0.6) is 11.6 Å². The molecule has 0 bridgehead atoms. The van der Waals surface area contributed by atoms with E-state index in [2.05, 4.69) is 39.5 Å². The van der Waals surface area contributed by atoms with Gasteiger partial charge in [-0.3, -0.25) is 4.90 Å². The van der Waals surface area contributed by atoms with Crippen LogP contribution in [-0.2, 0) is 13.0 Å². The molecule has 26 heavy (non-hydrogen) atoms. The Balaban J connectivity index is 0.00000169. The Bertz CT molecular complexity index is 618. The van der Waals surface area contributed by atoms with E-state index in [9.17, 15) is 0 Å². The van der Waals surface area contributed by atoms with Gasteiger partial charge in [-0.15, -0.1) is 24.8 Å². The zero-order valence-electron chi connectivity index (χ0n) is 15.0. The molecule has 0 amide bonds. The van der Waals surface area contributed by atoms with Gasteiger partial charge in [-0.25, -0.2) is 4.98 Å². The first-order valence-electron chi connectivity index (χ1n) is 8.47. The third-order valence-electron chi connectivity index (χ3n) is 4.22. The van der Waals surface area contributed by atoms with E-state index in [1.165, 1.54) is 11.1 Å². The fraction of sp³-hybridized carbons (Fsp3) is 0.421. The van der Waals surface area contributed by atoms with Gasteiger partial charge in [-0.2, -0.15) is 0 Å². The summed E-state index contributed by atoms with van der Waals surface area (Å²) >= 11 is 0. The molecular formula is C19H27Cl2N3O2. The fourth-order valence-electron chi connectivity index (χ4n) is 2.80. The van der Waals surface area contributed by atoms with Crippen molar-refractivity contribution in [2.45, 2.75) is 13.0 Å². The molecule has 1 aliphatic heterocycles. The first kappa shape index (κ1) is 22.5. The minimum Gasteiger partial charge on any atom is -0.492 e. The quantitative estimate of drug-likeness (QED) is 0.775. The van der Waals surface area contributed by atoms with E-state index in [1.54, 1.807) is 19.4 Å². The largest absolute Gasteiger partial charge is 0.492 e. The van der Waals surface area contributed by atoms with Crippen molar-refractivity contribution in [1.29, 1.82) is 0 Å². The summed E-state index contributed by atoms with van der Waals surface area (Å²) in [4.78, 5) is 6.62. The van der Waals surface area contributed by atoms with E-state index < -0.39 is 0 Å². The van der Waals surface area contributed by atoms with Gasteiger partial charge >= 0.3 is 0 Å². The summed E-state index contributed by atoms with van der Waals surface area (Å²) in [5, 5.41) is 3.39. The number of aromatic nitrogens is 1. The topological polar surface area (TPSA) is 46.6 Å². The lowest BCUT2D eigenvalue weighted by molar-refractivity contribution is 0.233. The van der Waals surface area contributed by atoms with Gasteiger partial charge in [0.2, 0.25) is 5.88 Å². The Morgan fingerprint density at radius 1 is 1.00 bits per heavy atom. The summed E-state index contributed by atoms with van der Waals surface area (Å²) in [5.74, 6) is 1.37. The van der Waals surface area contributed by atoms with Crippen LogP contribution in [0.3, 0.4) is 0 Å². The number of halogens is 2. The molecule has 144 valence electrons. The second kappa shape index (κ2) is 12.0. The molecule has 1 saturated heterocycles. The highest BCUT2D eigenvalue weighted by molar-refractivity contribution is 5.85. The number of piperazine rings is 1. The Kier molecular flexibility index (Phi) is 10.4. The molecule has 5 nitrogen and oxygen atoms in total. The lowest BCUT2D eigenvalue weighted by atomic mass is 10.1. The predicted octanol–water partition coefficient (Wildman–Crippen LogP) is 2.96. The maximum Gasteiger partial charge on any atom is 0.213 e. The van der Waals surface area contributed by atoms with Crippen LogP contribution < -0.4 is 14.8 Å². The average Bonchev–Trinajstić information content (AvgIpc) is 2.65. The molecule has 2 aromatic rings. The Morgan fingerprint density at radius 3 is 2.31 bits per heavy atom. The summed E-state index contributed by atoms with van der Waals surface area (Å²) in [6, 6.07) is 12.5. The smallest absolute Gasteiger partial charge is 0.213 e. The highest BCUT2D eigenvalue weighted by Crippen LogP contribution is 2.14. The predicted molar refractivity (Wildman–Crippen MR) is 109 cm³/mol. The summed E-state index contributed by atoms with van der Waals surface area (Å²) in [6.45, 7) is 6.13. The number of benzene rings is 1. The Labute approximate surface area is 167 Å². The van der Waals surface area contributed by atoms with Crippen molar-refractivity contribution in [1.82, 2.24) is 15.2 Å². The van der Waals surface area contributed by atoms with E-state index >= 15 is 0 Å². The fourth-order valence-corrected chi connectivity index (χ4v) is 2.80. The lowest BCUT2D eigenvalue weighted by Gasteiger charge is -2.27. The standard InChI is InChI=1S/C19H25N3O2.2ClH/c1-23-19-7-6-18(14-21-19)24-13-8-16-2-4-17(5-3-16)15-22-11-9-20-10-12-22;;/h2-7,14,20H,8-13,15H2,1H3;2*1H. The van der Waals surface area contributed by atoms with Crippen LogP contribution in [0.1, 0.15) is 11.1 Å². The molecular weight excluding hydrogens is 373 g/mol.